The molecule has 162 valence electrons. The van der Waals surface area contributed by atoms with Crippen LogP contribution in [0.2, 0.25) is 0 Å². The van der Waals surface area contributed by atoms with Gasteiger partial charge < -0.3 is 19.1 Å². The number of hydrogen-bond donors (Lipinski definition) is 0. The van der Waals surface area contributed by atoms with Crippen molar-refractivity contribution in [2.45, 2.75) is 38.0 Å². The molecule has 7 heteroatoms. The monoisotopic (exact) mass is 421 g/mol. The van der Waals surface area contributed by atoms with E-state index in [0.717, 1.165) is 34.8 Å². The Morgan fingerprint density at radius 2 is 1.94 bits per heavy atom. The Labute approximate surface area is 182 Å². The summed E-state index contributed by atoms with van der Waals surface area (Å²) in [6.45, 7) is 3.32. The molecular formula is C24H27N3O4. The van der Waals surface area contributed by atoms with Crippen molar-refractivity contribution in [1.82, 2.24) is 9.91 Å². The average Bonchev–Trinajstić information content (AvgIpc) is 3.27. The normalized spacial score (nSPS) is 21.1. The van der Waals surface area contributed by atoms with Gasteiger partial charge in [-0.3, -0.25) is 0 Å². The molecule has 7 nitrogen and oxygen atoms in total. The van der Waals surface area contributed by atoms with E-state index in [9.17, 15) is 4.79 Å². The summed E-state index contributed by atoms with van der Waals surface area (Å²) in [5.41, 5.74) is 2.65. The van der Waals surface area contributed by atoms with E-state index in [2.05, 4.69) is 23.2 Å². The largest absolute Gasteiger partial charge is 0.493 e. The molecular weight excluding hydrogens is 394 g/mol. The molecule has 0 saturated carbocycles. The fraction of sp³-hybridized carbons (Fsp3) is 0.417. The summed E-state index contributed by atoms with van der Waals surface area (Å²) < 4.78 is 17.5. The number of likely N-dealkylation sites (tertiary alicyclic amines) is 1. The summed E-state index contributed by atoms with van der Waals surface area (Å²) in [5, 5.41) is 7.21. The number of carbonyl (C=O) groups is 1. The minimum absolute atomic E-state index is 0.0724. The summed E-state index contributed by atoms with van der Waals surface area (Å²) in [6.07, 6.45) is 1.82. The van der Waals surface area contributed by atoms with E-state index in [1.807, 2.05) is 37.3 Å². The van der Waals surface area contributed by atoms with Gasteiger partial charge in [0.1, 0.15) is 0 Å². The van der Waals surface area contributed by atoms with E-state index in [0.29, 0.717) is 32.5 Å². The summed E-state index contributed by atoms with van der Waals surface area (Å²) >= 11 is 0. The van der Waals surface area contributed by atoms with E-state index in [-0.39, 0.29) is 12.1 Å². The smallest absolute Gasteiger partial charge is 0.409 e. The molecule has 2 aromatic rings. The number of para-hydroxylation sites is 1. The van der Waals surface area contributed by atoms with Crippen LogP contribution >= 0.6 is 0 Å². The standard InChI is InChI=1S/C24H27N3O4/c1-3-30-23(28)26-14-12-24(13-15-26)27-20(16-19(25-27)17-8-5-4-6-9-17)18-10-7-11-21(29-2)22(18)31-24/h4-11,20H,3,12-16H2,1-2H3. The van der Waals surface area contributed by atoms with Gasteiger partial charge in [-0.15, -0.1) is 0 Å². The fourth-order valence-corrected chi connectivity index (χ4v) is 4.82. The number of ether oxygens (including phenoxy) is 3. The maximum Gasteiger partial charge on any atom is 0.409 e. The van der Waals surface area contributed by atoms with E-state index in [1.165, 1.54) is 0 Å². The molecule has 1 atom stereocenters. The predicted molar refractivity (Wildman–Crippen MR) is 116 cm³/mol. The van der Waals surface area contributed by atoms with Crippen molar-refractivity contribution in [3.63, 3.8) is 0 Å². The van der Waals surface area contributed by atoms with Crippen LogP contribution in [0.4, 0.5) is 4.79 Å². The Balaban J connectivity index is 1.52. The quantitative estimate of drug-likeness (QED) is 0.744. The van der Waals surface area contributed by atoms with Crippen LogP contribution < -0.4 is 9.47 Å². The Morgan fingerprint density at radius 3 is 2.65 bits per heavy atom. The zero-order valence-electron chi connectivity index (χ0n) is 17.9. The molecule has 0 N–H and O–H groups in total. The minimum Gasteiger partial charge on any atom is -0.493 e. The number of carbonyl (C=O) groups excluding carboxylic acids is 1. The van der Waals surface area contributed by atoms with Gasteiger partial charge in [0, 0.05) is 37.9 Å². The molecule has 1 saturated heterocycles. The number of methoxy groups -OCH3 is 1. The third-order valence-corrected chi connectivity index (χ3v) is 6.39. The second-order valence-corrected chi connectivity index (χ2v) is 8.09. The first kappa shape index (κ1) is 19.7. The van der Waals surface area contributed by atoms with Crippen LogP contribution in [-0.4, -0.2) is 54.2 Å². The second-order valence-electron chi connectivity index (χ2n) is 8.09. The molecule has 31 heavy (non-hydrogen) atoms. The Morgan fingerprint density at radius 1 is 1.16 bits per heavy atom. The number of hydrazone groups is 1. The maximum atomic E-state index is 12.2. The molecule has 3 aliphatic heterocycles. The van der Waals surface area contributed by atoms with Crippen molar-refractivity contribution in [1.29, 1.82) is 0 Å². The third kappa shape index (κ3) is 3.28. The lowest BCUT2D eigenvalue weighted by Gasteiger charge is -2.51. The highest BCUT2D eigenvalue weighted by molar-refractivity contribution is 6.02. The van der Waals surface area contributed by atoms with Crippen LogP contribution in [-0.2, 0) is 4.74 Å². The molecule has 5 rings (SSSR count). The minimum atomic E-state index is -0.619. The molecule has 0 aliphatic carbocycles. The topological polar surface area (TPSA) is 63.6 Å². The van der Waals surface area contributed by atoms with Gasteiger partial charge in [0.25, 0.3) is 0 Å². The van der Waals surface area contributed by atoms with Gasteiger partial charge in [-0.25, -0.2) is 9.80 Å². The molecule has 0 radical (unpaired) electrons. The number of amides is 1. The Kier molecular flexibility index (Phi) is 4.96. The first-order chi connectivity index (χ1) is 15.1. The van der Waals surface area contributed by atoms with Gasteiger partial charge >= 0.3 is 6.09 Å². The lowest BCUT2D eigenvalue weighted by Crippen LogP contribution is -2.59. The van der Waals surface area contributed by atoms with Crippen molar-refractivity contribution < 1.29 is 19.0 Å². The second kappa shape index (κ2) is 7.80. The lowest BCUT2D eigenvalue weighted by atomic mass is 9.90. The fourth-order valence-electron chi connectivity index (χ4n) is 4.82. The van der Waals surface area contributed by atoms with E-state index in [4.69, 9.17) is 19.3 Å². The molecule has 1 spiro atoms. The average molecular weight is 421 g/mol. The summed E-state index contributed by atoms with van der Waals surface area (Å²) in [7, 11) is 1.67. The predicted octanol–water partition coefficient (Wildman–Crippen LogP) is 4.19. The van der Waals surface area contributed by atoms with Gasteiger partial charge in [0.2, 0.25) is 5.72 Å². The maximum absolute atomic E-state index is 12.2. The van der Waals surface area contributed by atoms with Gasteiger partial charge in [0.15, 0.2) is 11.5 Å². The number of benzene rings is 2. The molecule has 3 aliphatic rings. The van der Waals surface area contributed by atoms with Crippen molar-refractivity contribution in [2.75, 3.05) is 26.8 Å². The highest BCUT2D eigenvalue weighted by atomic mass is 16.6. The molecule has 0 aromatic heterocycles. The van der Waals surface area contributed by atoms with Gasteiger partial charge in [-0.05, 0) is 18.6 Å². The van der Waals surface area contributed by atoms with Crippen molar-refractivity contribution in [3.8, 4) is 11.5 Å². The molecule has 2 aromatic carbocycles. The Hall–Kier alpha value is -3.22. The molecule has 1 amide bonds. The molecule has 0 bridgehead atoms. The molecule has 3 heterocycles. The molecule has 1 unspecified atom stereocenters. The van der Waals surface area contributed by atoms with Gasteiger partial charge in [0.05, 0.1) is 25.5 Å². The van der Waals surface area contributed by atoms with Crippen LogP contribution in [0.5, 0.6) is 11.5 Å². The number of fused-ring (bicyclic) bond motifs is 4. The zero-order valence-corrected chi connectivity index (χ0v) is 17.9. The highest BCUT2D eigenvalue weighted by Crippen LogP contribution is 2.52. The first-order valence-electron chi connectivity index (χ1n) is 10.8. The van der Waals surface area contributed by atoms with Crippen molar-refractivity contribution in [2.24, 2.45) is 5.10 Å². The summed E-state index contributed by atoms with van der Waals surface area (Å²) in [6, 6.07) is 16.4. The zero-order chi connectivity index (χ0) is 21.4. The lowest BCUT2D eigenvalue weighted by molar-refractivity contribution is -0.148. The summed E-state index contributed by atoms with van der Waals surface area (Å²) in [4.78, 5) is 14.0. The van der Waals surface area contributed by atoms with E-state index >= 15 is 0 Å². The van der Waals surface area contributed by atoms with Crippen LogP contribution in [0.25, 0.3) is 0 Å². The number of rotatable bonds is 3. The highest BCUT2D eigenvalue weighted by Gasteiger charge is 2.53. The number of piperidine rings is 1. The van der Waals surface area contributed by atoms with E-state index < -0.39 is 5.72 Å². The van der Waals surface area contributed by atoms with Gasteiger partial charge in [-0.2, -0.15) is 5.10 Å². The number of nitrogens with zero attached hydrogens (tertiary/aromatic N) is 3. The number of hydrogen-bond acceptors (Lipinski definition) is 6. The van der Waals surface area contributed by atoms with Crippen LogP contribution in [0.3, 0.4) is 0 Å². The first-order valence-corrected chi connectivity index (χ1v) is 10.8. The SMILES string of the molecule is CCOC(=O)N1CCC2(CC1)Oc1c(OC)cccc1C1CC(c3ccccc3)=NN12. The van der Waals surface area contributed by atoms with Gasteiger partial charge in [-0.1, -0.05) is 42.5 Å². The van der Waals surface area contributed by atoms with Crippen LogP contribution in [0.1, 0.15) is 43.4 Å². The van der Waals surface area contributed by atoms with E-state index in [1.54, 1.807) is 12.0 Å². The summed E-state index contributed by atoms with van der Waals surface area (Å²) in [5.74, 6) is 1.53. The van der Waals surface area contributed by atoms with Crippen LogP contribution in [0.15, 0.2) is 53.6 Å². The van der Waals surface area contributed by atoms with Crippen LogP contribution in [0, 0.1) is 0 Å². The molecule has 1 fully saturated rings. The Bertz CT molecular complexity index is 999. The van der Waals surface area contributed by atoms with Crippen molar-refractivity contribution >= 4 is 11.8 Å². The third-order valence-electron chi connectivity index (χ3n) is 6.39. The van der Waals surface area contributed by atoms with Crippen molar-refractivity contribution in [3.05, 3.63) is 59.7 Å².